The highest BCUT2D eigenvalue weighted by Gasteiger charge is 2.35. The molecule has 1 saturated heterocycles. The Hall–Kier alpha value is -3.22. The fourth-order valence-electron chi connectivity index (χ4n) is 3.42. The van der Waals surface area contributed by atoms with Crippen LogP contribution in [0, 0.1) is 5.92 Å². The molecule has 8 heteroatoms. The van der Waals surface area contributed by atoms with Gasteiger partial charge >= 0.3 is 0 Å². The Balaban J connectivity index is 1.34. The van der Waals surface area contributed by atoms with E-state index in [0.29, 0.717) is 34.6 Å². The van der Waals surface area contributed by atoms with E-state index in [-0.39, 0.29) is 18.2 Å². The van der Waals surface area contributed by atoms with Gasteiger partial charge in [0.1, 0.15) is 12.4 Å². The van der Waals surface area contributed by atoms with Crippen molar-refractivity contribution in [3.8, 4) is 5.75 Å². The van der Waals surface area contributed by atoms with Crippen molar-refractivity contribution in [1.82, 2.24) is 5.43 Å². The molecule has 32 heavy (non-hydrogen) atoms. The first-order chi connectivity index (χ1) is 15.5. The van der Waals surface area contributed by atoms with Gasteiger partial charge in [0.25, 0.3) is 0 Å². The molecule has 2 amide bonds. The van der Waals surface area contributed by atoms with E-state index in [1.54, 1.807) is 47.4 Å². The SMILES string of the molecule is O=C(NNc1ccccc1OCc1ccc(Cl)cc1)[C@@H]1CC(=O)N(c2ccc(Cl)cc2)C1. The first kappa shape index (κ1) is 22.0. The number of halogens is 2. The van der Waals surface area contributed by atoms with E-state index in [4.69, 9.17) is 27.9 Å². The summed E-state index contributed by atoms with van der Waals surface area (Å²) in [6, 6.07) is 21.7. The zero-order valence-electron chi connectivity index (χ0n) is 17.1. The average Bonchev–Trinajstić information content (AvgIpc) is 3.20. The fourth-order valence-corrected chi connectivity index (χ4v) is 3.67. The summed E-state index contributed by atoms with van der Waals surface area (Å²) in [7, 11) is 0. The third-order valence-electron chi connectivity index (χ3n) is 5.15. The van der Waals surface area contributed by atoms with Gasteiger partial charge in [-0.3, -0.25) is 20.4 Å². The maximum absolute atomic E-state index is 12.7. The molecule has 0 radical (unpaired) electrons. The minimum Gasteiger partial charge on any atom is -0.487 e. The highest BCUT2D eigenvalue weighted by molar-refractivity contribution is 6.30. The van der Waals surface area contributed by atoms with Crippen molar-refractivity contribution in [2.45, 2.75) is 13.0 Å². The predicted molar refractivity (Wildman–Crippen MR) is 126 cm³/mol. The molecule has 2 N–H and O–H groups in total. The molecule has 0 saturated carbocycles. The smallest absolute Gasteiger partial charge is 0.243 e. The number of amides is 2. The molecule has 3 aromatic rings. The third kappa shape index (κ3) is 5.33. The van der Waals surface area contributed by atoms with E-state index in [9.17, 15) is 9.59 Å². The number of carbonyl (C=O) groups is 2. The molecule has 3 aromatic carbocycles. The molecule has 0 aliphatic carbocycles. The maximum Gasteiger partial charge on any atom is 0.243 e. The Morgan fingerprint density at radius 1 is 0.969 bits per heavy atom. The lowest BCUT2D eigenvalue weighted by molar-refractivity contribution is -0.125. The van der Waals surface area contributed by atoms with Crippen LogP contribution in [0.5, 0.6) is 5.75 Å². The van der Waals surface area contributed by atoms with Crippen LogP contribution in [0.1, 0.15) is 12.0 Å². The molecule has 0 bridgehead atoms. The Morgan fingerprint density at radius 2 is 1.62 bits per heavy atom. The first-order valence-electron chi connectivity index (χ1n) is 10.1. The molecule has 0 spiro atoms. The van der Waals surface area contributed by atoms with Crippen LogP contribution in [0.4, 0.5) is 11.4 Å². The number of carbonyl (C=O) groups excluding carboxylic acids is 2. The van der Waals surface area contributed by atoms with E-state index in [1.807, 2.05) is 30.3 Å². The van der Waals surface area contributed by atoms with Gasteiger partial charge < -0.3 is 9.64 Å². The maximum atomic E-state index is 12.7. The standard InChI is InChI=1S/C24H21Cl2N3O3/c25-18-7-5-16(6-8-18)15-32-22-4-2-1-3-21(22)27-28-24(31)17-13-23(30)29(14-17)20-11-9-19(26)10-12-20/h1-12,17,27H,13-15H2,(H,28,31)/t17-/m1/s1. The van der Waals surface area contributed by atoms with Gasteiger partial charge in [-0.1, -0.05) is 47.5 Å². The molecule has 1 aliphatic heterocycles. The second-order valence-electron chi connectivity index (χ2n) is 7.41. The molecule has 1 fully saturated rings. The molecule has 4 rings (SSSR count). The van der Waals surface area contributed by atoms with Crippen LogP contribution in [-0.2, 0) is 16.2 Å². The summed E-state index contributed by atoms with van der Waals surface area (Å²) < 4.78 is 5.89. The van der Waals surface area contributed by atoms with Crippen LogP contribution >= 0.6 is 23.2 Å². The minimum atomic E-state index is -0.465. The lowest BCUT2D eigenvalue weighted by atomic mass is 10.1. The number of hydrogen-bond acceptors (Lipinski definition) is 4. The molecular weight excluding hydrogens is 449 g/mol. The summed E-state index contributed by atoms with van der Waals surface area (Å²) in [5.74, 6) is -0.234. The molecule has 1 heterocycles. The number of para-hydroxylation sites is 2. The summed E-state index contributed by atoms with van der Waals surface area (Å²) in [5.41, 5.74) is 7.94. The highest BCUT2D eigenvalue weighted by Crippen LogP contribution is 2.27. The van der Waals surface area contributed by atoms with Gasteiger partial charge in [0, 0.05) is 28.7 Å². The Bertz CT molecular complexity index is 1100. The lowest BCUT2D eigenvalue weighted by Gasteiger charge is -2.18. The third-order valence-corrected chi connectivity index (χ3v) is 5.65. The van der Waals surface area contributed by atoms with Gasteiger partial charge in [0.2, 0.25) is 11.8 Å². The second-order valence-corrected chi connectivity index (χ2v) is 8.28. The Morgan fingerprint density at radius 3 is 2.34 bits per heavy atom. The fraction of sp³-hybridized carbons (Fsp3) is 0.167. The van der Waals surface area contributed by atoms with E-state index in [0.717, 1.165) is 11.3 Å². The van der Waals surface area contributed by atoms with Crippen LogP contribution in [0.25, 0.3) is 0 Å². The van der Waals surface area contributed by atoms with Gasteiger partial charge in [-0.25, -0.2) is 0 Å². The van der Waals surface area contributed by atoms with Crippen LogP contribution in [0.2, 0.25) is 10.0 Å². The molecule has 0 unspecified atom stereocenters. The number of nitrogens with one attached hydrogen (secondary N) is 2. The lowest BCUT2D eigenvalue weighted by Crippen LogP contribution is -2.36. The summed E-state index contributed by atoms with van der Waals surface area (Å²) >= 11 is 11.8. The van der Waals surface area contributed by atoms with Gasteiger partial charge in [-0.2, -0.15) is 0 Å². The van der Waals surface area contributed by atoms with Gasteiger partial charge in [0.15, 0.2) is 0 Å². The van der Waals surface area contributed by atoms with Gasteiger partial charge in [-0.15, -0.1) is 0 Å². The number of nitrogens with zero attached hydrogens (tertiary/aromatic N) is 1. The van der Waals surface area contributed by atoms with E-state index >= 15 is 0 Å². The largest absolute Gasteiger partial charge is 0.487 e. The van der Waals surface area contributed by atoms with Crippen molar-refractivity contribution in [1.29, 1.82) is 0 Å². The van der Waals surface area contributed by atoms with Crippen molar-refractivity contribution in [3.05, 3.63) is 88.4 Å². The van der Waals surface area contributed by atoms with Crippen LogP contribution in [0.3, 0.4) is 0 Å². The minimum absolute atomic E-state index is 0.0980. The Kier molecular flexibility index (Phi) is 6.83. The molecular formula is C24H21Cl2N3O3. The van der Waals surface area contributed by atoms with Crippen LogP contribution < -0.4 is 20.5 Å². The molecule has 164 valence electrons. The zero-order chi connectivity index (χ0) is 22.5. The highest BCUT2D eigenvalue weighted by atomic mass is 35.5. The van der Waals surface area contributed by atoms with Crippen molar-refractivity contribution in [2.75, 3.05) is 16.9 Å². The Labute approximate surface area is 196 Å². The molecule has 0 aromatic heterocycles. The number of hydrazine groups is 1. The van der Waals surface area contributed by atoms with Crippen LogP contribution in [-0.4, -0.2) is 18.4 Å². The number of ether oxygens (including phenoxy) is 1. The van der Waals surface area contributed by atoms with Crippen molar-refractivity contribution >= 4 is 46.4 Å². The number of hydrogen-bond donors (Lipinski definition) is 2. The summed E-state index contributed by atoms with van der Waals surface area (Å²) in [5, 5.41) is 1.26. The zero-order valence-corrected chi connectivity index (χ0v) is 18.6. The normalized spacial score (nSPS) is 15.5. The molecule has 6 nitrogen and oxygen atoms in total. The van der Waals surface area contributed by atoms with E-state index in [1.165, 1.54) is 0 Å². The van der Waals surface area contributed by atoms with E-state index in [2.05, 4.69) is 10.9 Å². The van der Waals surface area contributed by atoms with Crippen LogP contribution in [0.15, 0.2) is 72.8 Å². The van der Waals surface area contributed by atoms with Crippen molar-refractivity contribution in [2.24, 2.45) is 5.92 Å². The van der Waals surface area contributed by atoms with Crippen molar-refractivity contribution < 1.29 is 14.3 Å². The van der Waals surface area contributed by atoms with Crippen molar-refractivity contribution in [3.63, 3.8) is 0 Å². The number of benzene rings is 3. The predicted octanol–water partition coefficient (Wildman–Crippen LogP) is 5.07. The monoisotopic (exact) mass is 469 g/mol. The number of rotatable bonds is 7. The second kappa shape index (κ2) is 9.94. The summed E-state index contributed by atoms with van der Waals surface area (Å²) in [6.45, 7) is 0.666. The quantitative estimate of drug-likeness (QED) is 0.474. The van der Waals surface area contributed by atoms with E-state index < -0.39 is 5.92 Å². The average molecular weight is 470 g/mol. The topological polar surface area (TPSA) is 70.7 Å². The summed E-state index contributed by atoms with van der Waals surface area (Å²) in [6.07, 6.45) is 0.144. The summed E-state index contributed by atoms with van der Waals surface area (Å²) in [4.78, 5) is 26.7. The van der Waals surface area contributed by atoms with Gasteiger partial charge in [0.05, 0.1) is 11.6 Å². The molecule has 1 atom stereocenters. The molecule has 1 aliphatic rings. The number of anilines is 2. The first-order valence-corrected chi connectivity index (χ1v) is 10.8. The van der Waals surface area contributed by atoms with Gasteiger partial charge in [-0.05, 0) is 54.1 Å².